The first-order valence-electron chi connectivity index (χ1n) is 6.27. The molecule has 0 saturated carbocycles. The number of nitrogens with one attached hydrogen (secondary N) is 1. The van der Waals surface area contributed by atoms with Gasteiger partial charge in [-0.3, -0.25) is 4.79 Å². The third kappa shape index (κ3) is 3.85. The maximum atomic E-state index is 11.8. The van der Waals surface area contributed by atoms with Gasteiger partial charge in [0.05, 0.1) is 6.26 Å². The van der Waals surface area contributed by atoms with Crippen LogP contribution in [0.2, 0.25) is 0 Å². The lowest BCUT2D eigenvalue weighted by Crippen LogP contribution is -2.26. The van der Waals surface area contributed by atoms with E-state index < -0.39 is 0 Å². The fourth-order valence-electron chi connectivity index (χ4n) is 1.72. The first-order valence-corrected chi connectivity index (χ1v) is 6.27. The molecule has 1 heterocycles. The minimum atomic E-state index is -0.389. The highest BCUT2D eigenvalue weighted by molar-refractivity contribution is 6.01. The zero-order valence-electron chi connectivity index (χ0n) is 10.9. The Labute approximate surface area is 117 Å². The van der Waals surface area contributed by atoms with Crippen molar-refractivity contribution < 1.29 is 9.21 Å². The molecule has 0 unspecified atom stereocenters. The van der Waals surface area contributed by atoms with E-state index in [4.69, 9.17) is 9.68 Å². The van der Waals surface area contributed by atoms with Crippen molar-refractivity contribution in [2.45, 2.75) is 6.42 Å². The molecule has 100 valence electrons. The summed E-state index contributed by atoms with van der Waals surface area (Å²) < 4.78 is 5.08. The third-order valence-electron chi connectivity index (χ3n) is 2.74. The molecule has 2 aromatic rings. The number of benzene rings is 1. The van der Waals surface area contributed by atoms with E-state index in [1.165, 1.54) is 12.3 Å². The molecule has 0 spiro atoms. The summed E-state index contributed by atoms with van der Waals surface area (Å²) in [5, 5.41) is 11.7. The number of carbonyl (C=O) groups is 1. The van der Waals surface area contributed by atoms with Gasteiger partial charge in [-0.05, 0) is 24.1 Å². The van der Waals surface area contributed by atoms with Crippen LogP contribution in [-0.4, -0.2) is 12.5 Å². The molecule has 0 bridgehead atoms. The van der Waals surface area contributed by atoms with Gasteiger partial charge in [0.15, 0.2) is 0 Å². The molecule has 4 heteroatoms. The average molecular weight is 266 g/mol. The van der Waals surface area contributed by atoms with Crippen molar-refractivity contribution in [2.75, 3.05) is 6.54 Å². The van der Waals surface area contributed by atoms with Gasteiger partial charge < -0.3 is 9.73 Å². The Kier molecular flexibility index (Phi) is 4.74. The molecular formula is C16H14N2O2. The lowest BCUT2D eigenvalue weighted by Gasteiger charge is -2.04. The second-order valence-corrected chi connectivity index (χ2v) is 4.18. The molecule has 0 radical (unpaired) electrons. The molecule has 0 fully saturated rings. The molecule has 1 N–H and O–H groups in total. The number of rotatable bonds is 5. The van der Waals surface area contributed by atoms with Gasteiger partial charge in [0, 0.05) is 12.6 Å². The van der Waals surface area contributed by atoms with Gasteiger partial charge in [-0.15, -0.1) is 0 Å². The van der Waals surface area contributed by atoms with Crippen molar-refractivity contribution >= 4 is 12.0 Å². The first-order chi connectivity index (χ1) is 9.79. The van der Waals surface area contributed by atoms with Crippen molar-refractivity contribution in [2.24, 2.45) is 0 Å². The molecule has 0 aliphatic heterocycles. The highest BCUT2D eigenvalue weighted by Gasteiger charge is 2.09. The summed E-state index contributed by atoms with van der Waals surface area (Å²) in [6, 6.07) is 15.1. The zero-order chi connectivity index (χ0) is 14.2. The van der Waals surface area contributed by atoms with E-state index in [-0.39, 0.29) is 11.5 Å². The smallest absolute Gasteiger partial charge is 0.262 e. The Bertz CT molecular complexity index is 622. The van der Waals surface area contributed by atoms with Gasteiger partial charge in [0.25, 0.3) is 5.91 Å². The van der Waals surface area contributed by atoms with Crippen molar-refractivity contribution in [3.8, 4) is 6.07 Å². The summed E-state index contributed by atoms with van der Waals surface area (Å²) in [7, 11) is 0. The maximum absolute atomic E-state index is 11.8. The predicted molar refractivity (Wildman–Crippen MR) is 75.5 cm³/mol. The second-order valence-electron chi connectivity index (χ2n) is 4.18. The summed E-state index contributed by atoms with van der Waals surface area (Å²) in [6.07, 6.45) is 3.65. The van der Waals surface area contributed by atoms with Crippen LogP contribution in [-0.2, 0) is 11.2 Å². The van der Waals surface area contributed by atoms with Gasteiger partial charge in [-0.25, -0.2) is 0 Å². The Morgan fingerprint density at radius 2 is 2.05 bits per heavy atom. The number of furan rings is 1. The van der Waals surface area contributed by atoms with Crippen LogP contribution in [0.5, 0.6) is 0 Å². The predicted octanol–water partition coefficient (Wildman–Crippen LogP) is 2.55. The minimum absolute atomic E-state index is 0.0352. The maximum Gasteiger partial charge on any atom is 0.262 e. The zero-order valence-corrected chi connectivity index (χ0v) is 10.9. The standard InChI is InChI=1S/C16H14N2O2/c17-12-14(11-15-7-4-10-20-15)16(19)18-9-8-13-5-2-1-3-6-13/h1-7,10-11H,8-9H2,(H,18,19)/b14-11+. The topological polar surface area (TPSA) is 66.0 Å². The summed E-state index contributed by atoms with van der Waals surface area (Å²) >= 11 is 0. The van der Waals surface area contributed by atoms with Crippen LogP contribution in [0.4, 0.5) is 0 Å². The highest BCUT2D eigenvalue weighted by Crippen LogP contribution is 2.07. The number of hydrogen-bond donors (Lipinski definition) is 1. The molecule has 1 aromatic heterocycles. The minimum Gasteiger partial charge on any atom is -0.465 e. The van der Waals surface area contributed by atoms with Crippen LogP contribution in [0.15, 0.2) is 58.7 Å². The van der Waals surface area contributed by atoms with Crippen LogP contribution in [0.1, 0.15) is 11.3 Å². The SMILES string of the molecule is N#C/C(=C\c1ccco1)C(=O)NCCc1ccccc1. The molecular weight excluding hydrogens is 252 g/mol. The summed E-state index contributed by atoms with van der Waals surface area (Å²) in [5.74, 6) is 0.0968. The Balaban J connectivity index is 1.89. The van der Waals surface area contributed by atoms with Crippen molar-refractivity contribution in [1.82, 2.24) is 5.32 Å². The van der Waals surface area contributed by atoms with E-state index in [1.807, 2.05) is 36.4 Å². The molecule has 0 aliphatic rings. The lowest BCUT2D eigenvalue weighted by atomic mass is 10.1. The van der Waals surface area contributed by atoms with E-state index in [1.54, 1.807) is 12.1 Å². The first kappa shape index (κ1) is 13.6. The Hall–Kier alpha value is -2.80. The molecule has 0 aliphatic carbocycles. The monoisotopic (exact) mass is 266 g/mol. The number of nitriles is 1. The number of carbonyl (C=O) groups excluding carboxylic acids is 1. The molecule has 4 nitrogen and oxygen atoms in total. The highest BCUT2D eigenvalue weighted by atomic mass is 16.3. The lowest BCUT2D eigenvalue weighted by molar-refractivity contribution is -0.117. The fraction of sp³-hybridized carbons (Fsp3) is 0.125. The van der Waals surface area contributed by atoms with E-state index >= 15 is 0 Å². The van der Waals surface area contributed by atoms with E-state index in [9.17, 15) is 4.79 Å². The quantitative estimate of drug-likeness (QED) is 0.668. The van der Waals surface area contributed by atoms with Crippen molar-refractivity contribution in [3.05, 3.63) is 65.6 Å². The molecule has 0 atom stereocenters. The van der Waals surface area contributed by atoms with E-state index in [0.717, 1.165) is 12.0 Å². The fourth-order valence-corrected chi connectivity index (χ4v) is 1.72. The average Bonchev–Trinajstić information content (AvgIpc) is 2.98. The number of amides is 1. The molecule has 20 heavy (non-hydrogen) atoms. The third-order valence-corrected chi connectivity index (χ3v) is 2.74. The summed E-state index contributed by atoms with van der Waals surface area (Å²) in [5.41, 5.74) is 1.18. The summed E-state index contributed by atoms with van der Waals surface area (Å²) in [6.45, 7) is 0.486. The van der Waals surface area contributed by atoms with E-state index in [0.29, 0.717) is 12.3 Å². The van der Waals surface area contributed by atoms with Crippen molar-refractivity contribution in [3.63, 3.8) is 0 Å². The van der Waals surface area contributed by atoms with Crippen LogP contribution in [0.25, 0.3) is 6.08 Å². The van der Waals surface area contributed by atoms with Crippen LogP contribution >= 0.6 is 0 Å². The molecule has 2 rings (SSSR count). The van der Waals surface area contributed by atoms with Gasteiger partial charge in [0.1, 0.15) is 17.4 Å². The van der Waals surface area contributed by atoms with Gasteiger partial charge in [0.2, 0.25) is 0 Å². The van der Waals surface area contributed by atoms with Crippen molar-refractivity contribution in [1.29, 1.82) is 5.26 Å². The normalized spacial score (nSPS) is 10.8. The Morgan fingerprint density at radius 1 is 1.25 bits per heavy atom. The van der Waals surface area contributed by atoms with Crippen LogP contribution in [0, 0.1) is 11.3 Å². The molecule has 0 saturated heterocycles. The molecule has 1 amide bonds. The van der Waals surface area contributed by atoms with Crippen LogP contribution in [0.3, 0.4) is 0 Å². The summed E-state index contributed by atoms with van der Waals surface area (Å²) in [4.78, 5) is 11.8. The van der Waals surface area contributed by atoms with Gasteiger partial charge >= 0.3 is 0 Å². The largest absolute Gasteiger partial charge is 0.465 e. The number of nitrogens with zero attached hydrogens (tertiary/aromatic N) is 1. The number of hydrogen-bond acceptors (Lipinski definition) is 3. The van der Waals surface area contributed by atoms with Gasteiger partial charge in [-0.2, -0.15) is 5.26 Å². The molecule has 1 aromatic carbocycles. The Morgan fingerprint density at radius 3 is 2.70 bits per heavy atom. The second kappa shape index (κ2) is 6.95. The van der Waals surface area contributed by atoms with E-state index in [2.05, 4.69) is 5.32 Å². The van der Waals surface area contributed by atoms with Crippen LogP contribution < -0.4 is 5.32 Å². The van der Waals surface area contributed by atoms with Gasteiger partial charge in [-0.1, -0.05) is 30.3 Å².